The first-order valence-electron chi connectivity index (χ1n) is 9.10. The number of nitrogens with zero attached hydrogens (tertiary/aromatic N) is 2. The summed E-state index contributed by atoms with van der Waals surface area (Å²) < 4.78 is 5.38. The largest absolute Gasteiger partial charge is 0.364 e. The van der Waals surface area contributed by atoms with E-state index in [9.17, 15) is 9.59 Å². The predicted molar refractivity (Wildman–Crippen MR) is 112 cm³/mol. The molecule has 0 saturated heterocycles. The molecule has 0 unspecified atom stereocenters. The summed E-state index contributed by atoms with van der Waals surface area (Å²) in [4.78, 5) is 24.1. The smallest absolute Gasteiger partial charge is 0.286 e. The molecular weight excluding hydrogens is 388 g/mol. The van der Waals surface area contributed by atoms with Crippen LogP contribution in [0.4, 0.5) is 5.69 Å². The zero-order valence-corrected chi connectivity index (χ0v) is 17.1. The fraction of sp³-hybridized carbons (Fsp3) is 0.238. The summed E-state index contributed by atoms with van der Waals surface area (Å²) in [5, 5.41) is 14.2. The van der Waals surface area contributed by atoms with E-state index < -0.39 is 0 Å². The molecule has 0 atom stereocenters. The third-order valence-corrected chi connectivity index (χ3v) is 4.90. The average Bonchev–Trinajstić information content (AvgIpc) is 3.17. The third kappa shape index (κ3) is 6.48. The molecule has 0 aliphatic carbocycles. The third-order valence-electron chi connectivity index (χ3n) is 4.00. The normalized spacial score (nSPS) is 10.6. The van der Waals surface area contributed by atoms with Crippen molar-refractivity contribution in [2.24, 2.45) is 0 Å². The maximum absolute atomic E-state index is 12.2. The van der Waals surface area contributed by atoms with Crippen molar-refractivity contribution in [1.29, 1.82) is 0 Å². The quantitative estimate of drug-likeness (QED) is 0.595. The monoisotopic (exact) mass is 410 g/mol. The Bertz CT molecular complexity index is 986. The van der Waals surface area contributed by atoms with Crippen molar-refractivity contribution in [2.75, 3.05) is 11.9 Å². The van der Waals surface area contributed by atoms with Gasteiger partial charge >= 0.3 is 0 Å². The van der Waals surface area contributed by atoms with Gasteiger partial charge in [0.15, 0.2) is 0 Å². The molecule has 150 valence electrons. The number of anilines is 1. The van der Waals surface area contributed by atoms with E-state index >= 15 is 0 Å². The number of aromatic nitrogens is 2. The van der Waals surface area contributed by atoms with Crippen molar-refractivity contribution in [1.82, 2.24) is 15.5 Å². The number of aryl methyl sites for hydroxylation is 2. The number of amides is 2. The fourth-order valence-electron chi connectivity index (χ4n) is 2.53. The standard InChI is InChI=1S/C21H22N4O3S/c1-14-6-8-17(9-7-14)23-20(27)21-25-24-19(29-21)13-28-12-18(26)22-11-16-5-3-4-15(2)10-16/h3-10H,11-13H2,1-2H3,(H,22,26)(H,23,27). The summed E-state index contributed by atoms with van der Waals surface area (Å²) in [7, 11) is 0. The maximum Gasteiger partial charge on any atom is 0.286 e. The average molecular weight is 410 g/mol. The van der Waals surface area contributed by atoms with Crippen LogP contribution in [0.3, 0.4) is 0 Å². The molecular formula is C21H22N4O3S. The van der Waals surface area contributed by atoms with Crippen molar-refractivity contribution >= 4 is 28.8 Å². The highest BCUT2D eigenvalue weighted by Gasteiger charge is 2.13. The summed E-state index contributed by atoms with van der Waals surface area (Å²) >= 11 is 1.14. The summed E-state index contributed by atoms with van der Waals surface area (Å²) in [6.07, 6.45) is 0. The molecule has 1 aromatic heterocycles. The minimum Gasteiger partial charge on any atom is -0.364 e. The number of carbonyl (C=O) groups excluding carboxylic acids is 2. The molecule has 2 N–H and O–H groups in total. The molecule has 0 saturated carbocycles. The van der Waals surface area contributed by atoms with Crippen LogP contribution in [-0.2, 0) is 22.7 Å². The zero-order chi connectivity index (χ0) is 20.6. The lowest BCUT2D eigenvalue weighted by molar-refractivity contribution is -0.126. The van der Waals surface area contributed by atoms with Crippen molar-refractivity contribution in [3.8, 4) is 0 Å². The fourth-order valence-corrected chi connectivity index (χ4v) is 3.20. The minimum absolute atomic E-state index is 0.0870. The van der Waals surface area contributed by atoms with E-state index in [1.165, 1.54) is 0 Å². The molecule has 3 rings (SSSR count). The van der Waals surface area contributed by atoms with Crippen LogP contribution in [0.15, 0.2) is 48.5 Å². The van der Waals surface area contributed by atoms with Crippen LogP contribution in [0.25, 0.3) is 0 Å². The predicted octanol–water partition coefficient (Wildman–Crippen LogP) is 3.24. The summed E-state index contributed by atoms with van der Waals surface area (Å²) in [5.41, 5.74) is 3.98. The molecule has 0 aliphatic heterocycles. The van der Waals surface area contributed by atoms with Gasteiger partial charge in [0, 0.05) is 12.2 Å². The molecule has 8 heteroatoms. The van der Waals surface area contributed by atoms with Crippen LogP contribution in [0.5, 0.6) is 0 Å². The van der Waals surface area contributed by atoms with E-state index in [2.05, 4.69) is 20.8 Å². The van der Waals surface area contributed by atoms with Gasteiger partial charge in [0.1, 0.15) is 18.2 Å². The minimum atomic E-state index is -0.325. The molecule has 0 fully saturated rings. The lowest BCUT2D eigenvalue weighted by atomic mass is 10.1. The number of nitrogens with one attached hydrogen (secondary N) is 2. The van der Waals surface area contributed by atoms with Crippen molar-refractivity contribution < 1.29 is 14.3 Å². The van der Waals surface area contributed by atoms with Crippen LogP contribution in [0.1, 0.15) is 31.5 Å². The number of carbonyl (C=O) groups is 2. The Morgan fingerprint density at radius 2 is 1.83 bits per heavy atom. The molecule has 3 aromatic rings. The van der Waals surface area contributed by atoms with Gasteiger partial charge < -0.3 is 15.4 Å². The Kier molecular flexibility index (Phi) is 7.04. The second kappa shape index (κ2) is 9.90. The molecule has 2 amide bonds. The van der Waals surface area contributed by atoms with E-state index in [4.69, 9.17) is 4.74 Å². The van der Waals surface area contributed by atoms with E-state index in [0.717, 1.165) is 28.0 Å². The van der Waals surface area contributed by atoms with Gasteiger partial charge in [0.2, 0.25) is 10.9 Å². The number of benzene rings is 2. The Balaban J connectivity index is 1.41. The molecule has 7 nitrogen and oxygen atoms in total. The van der Waals surface area contributed by atoms with E-state index in [1.807, 2.05) is 62.4 Å². The lowest BCUT2D eigenvalue weighted by Gasteiger charge is -2.06. The topological polar surface area (TPSA) is 93.2 Å². The summed E-state index contributed by atoms with van der Waals surface area (Å²) in [6, 6.07) is 15.4. The van der Waals surface area contributed by atoms with Crippen LogP contribution >= 0.6 is 11.3 Å². The van der Waals surface area contributed by atoms with Gasteiger partial charge in [0.25, 0.3) is 5.91 Å². The molecule has 0 aliphatic rings. The molecule has 0 bridgehead atoms. The first kappa shape index (κ1) is 20.6. The maximum atomic E-state index is 12.2. The number of hydrogen-bond acceptors (Lipinski definition) is 6. The Morgan fingerprint density at radius 3 is 2.59 bits per heavy atom. The first-order chi connectivity index (χ1) is 14.0. The Morgan fingerprint density at radius 1 is 1.03 bits per heavy atom. The van der Waals surface area contributed by atoms with Crippen molar-refractivity contribution in [3.05, 3.63) is 75.2 Å². The highest BCUT2D eigenvalue weighted by molar-refractivity contribution is 7.13. The number of ether oxygens (including phenoxy) is 1. The summed E-state index contributed by atoms with van der Waals surface area (Å²) in [6.45, 7) is 4.47. The van der Waals surface area contributed by atoms with Crippen LogP contribution in [0, 0.1) is 13.8 Å². The van der Waals surface area contributed by atoms with Gasteiger partial charge in [-0.1, -0.05) is 58.9 Å². The Labute approximate surface area is 173 Å². The molecule has 0 radical (unpaired) electrons. The first-order valence-corrected chi connectivity index (χ1v) is 9.91. The van der Waals surface area contributed by atoms with Crippen LogP contribution in [-0.4, -0.2) is 28.6 Å². The van der Waals surface area contributed by atoms with Gasteiger partial charge in [-0.15, -0.1) is 10.2 Å². The number of hydrogen-bond donors (Lipinski definition) is 2. The second-order valence-electron chi connectivity index (χ2n) is 6.58. The Hall–Kier alpha value is -3.10. The van der Waals surface area contributed by atoms with Crippen molar-refractivity contribution in [3.63, 3.8) is 0 Å². The highest BCUT2D eigenvalue weighted by Crippen LogP contribution is 2.14. The van der Waals surface area contributed by atoms with Crippen LogP contribution < -0.4 is 10.6 Å². The van der Waals surface area contributed by atoms with E-state index in [-0.39, 0.29) is 30.0 Å². The molecule has 0 spiro atoms. The van der Waals surface area contributed by atoms with Crippen molar-refractivity contribution in [2.45, 2.75) is 27.0 Å². The van der Waals surface area contributed by atoms with E-state index in [1.54, 1.807) is 0 Å². The van der Waals surface area contributed by atoms with Gasteiger partial charge in [-0.2, -0.15) is 0 Å². The van der Waals surface area contributed by atoms with Gasteiger partial charge in [0.05, 0.1) is 0 Å². The van der Waals surface area contributed by atoms with Gasteiger partial charge in [-0.3, -0.25) is 9.59 Å². The SMILES string of the molecule is Cc1ccc(NC(=O)c2nnc(COCC(=O)NCc3cccc(C)c3)s2)cc1. The highest BCUT2D eigenvalue weighted by atomic mass is 32.1. The molecule has 29 heavy (non-hydrogen) atoms. The second-order valence-corrected chi connectivity index (χ2v) is 7.64. The summed E-state index contributed by atoms with van der Waals surface area (Å²) in [5.74, 6) is -0.540. The molecule has 1 heterocycles. The molecule has 2 aromatic carbocycles. The van der Waals surface area contributed by atoms with Gasteiger partial charge in [-0.05, 0) is 31.5 Å². The van der Waals surface area contributed by atoms with Gasteiger partial charge in [-0.25, -0.2) is 0 Å². The van der Waals surface area contributed by atoms with E-state index in [0.29, 0.717) is 17.2 Å². The van der Waals surface area contributed by atoms with Crippen LogP contribution in [0.2, 0.25) is 0 Å². The number of rotatable bonds is 8. The zero-order valence-electron chi connectivity index (χ0n) is 16.3. The lowest BCUT2D eigenvalue weighted by Crippen LogP contribution is -2.27.